The smallest absolute Gasteiger partial charge is 0.272 e. The van der Waals surface area contributed by atoms with Crippen LogP contribution >= 0.6 is 0 Å². The van der Waals surface area contributed by atoms with E-state index < -0.39 is 0 Å². The van der Waals surface area contributed by atoms with Crippen LogP contribution in [0.5, 0.6) is 0 Å². The number of carbonyl (C=O) groups excluding carboxylic acids is 1. The Balaban J connectivity index is 1.94. The number of hydrogen-bond acceptors (Lipinski definition) is 4. The molecule has 2 heterocycles. The summed E-state index contributed by atoms with van der Waals surface area (Å²) in [5, 5.41) is 2.91. The first kappa shape index (κ1) is 12.8. The van der Waals surface area contributed by atoms with Crippen LogP contribution in [0.2, 0.25) is 0 Å². The minimum absolute atomic E-state index is 0.109. The summed E-state index contributed by atoms with van der Waals surface area (Å²) in [7, 11) is 0. The molecule has 0 bridgehead atoms. The zero-order valence-electron chi connectivity index (χ0n) is 10.6. The zero-order valence-corrected chi connectivity index (χ0v) is 10.6. The van der Waals surface area contributed by atoms with E-state index >= 15 is 0 Å². The molecule has 5 heteroatoms. The molecule has 1 amide bonds. The molecule has 98 valence electrons. The zero-order chi connectivity index (χ0) is 13.0. The van der Waals surface area contributed by atoms with Gasteiger partial charge in [0.2, 0.25) is 0 Å². The van der Waals surface area contributed by atoms with Crippen LogP contribution in [-0.2, 0) is 4.74 Å². The van der Waals surface area contributed by atoms with Crippen LogP contribution in [0.25, 0.3) is 0 Å². The van der Waals surface area contributed by atoms with Crippen LogP contribution in [-0.4, -0.2) is 30.6 Å². The number of hydrogen-bond donors (Lipinski definition) is 2. The van der Waals surface area contributed by atoms with Crippen molar-refractivity contribution in [3.8, 4) is 0 Å². The maximum absolute atomic E-state index is 12.0. The highest BCUT2D eigenvalue weighted by Crippen LogP contribution is 2.28. The Bertz CT molecular complexity index is 428. The largest absolute Gasteiger partial charge is 0.397 e. The van der Waals surface area contributed by atoms with Gasteiger partial charge < -0.3 is 15.8 Å². The van der Waals surface area contributed by atoms with E-state index in [2.05, 4.69) is 17.2 Å². The fourth-order valence-corrected chi connectivity index (χ4v) is 2.03. The van der Waals surface area contributed by atoms with Crippen molar-refractivity contribution in [2.24, 2.45) is 5.41 Å². The van der Waals surface area contributed by atoms with Gasteiger partial charge >= 0.3 is 0 Å². The Morgan fingerprint density at radius 3 is 2.94 bits per heavy atom. The number of nitrogens with one attached hydrogen (secondary N) is 1. The van der Waals surface area contributed by atoms with Crippen LogP contribution in [0.15, 0.2) is 18.3 Å². The minimum Gasteiger partial charge on any atom is -0.397 e. The van der Waals surface area contributed by atoms with Crippen molar-refractivity contribution in [2.45, 2.75) is 19.8 Å². The number of anilines is 1. The molecule has 3 N–H and O–H groups in total. The Kier molecular flexibility index (Phi) is 3.81. The molecule has 2 rings (SSSR count). The third-order valence-corrected chi connectivity index (χ3v) is 3.43. The lowest BCUT2D eigenvalue weighted by Gasteiger charge is -2.33. The molecule has 1 aliphatic heterocycles. The van der Waals surface area contributed by atoms with E-state index in [0.717, 1.165) is 26.1 Å². The second-order valence-electron chi connectivity index (χ2n) is 5.05. The van der Waals surface area contributed by atoms with Crippen LogP contribution in [0.4, 0.5) is 5.69 Å². The second kappa shape index (κ2) is 5.35. The van der Waals surface area contributed by atoms with Crippen molar-refractivity contribution < 1.29 is 9.53 Å². The number of carbonyl (C=O) groups is 1. The van der Waals surface area contributed by atoms with Gasteiger partial charge in [0.05, 0.1) is 5.69 Å². The first-order chi connectivity index (χ1) is 8.61. The average molecular weight is 249 g/mol. The lowest BCUT2D eigenvalue weighted by atomic mass is 9.82. The van der Waals surface area contributed by atoms with E-state index in [1.165, 1.54) is 0 Å². The number of nitrogens with zero attached hydrogens (tertiary/aromatic N) is 1. The molecule has 1 saturated heterocycles. The number of aromatic nitrogens is 1. The molecule has 18 heavy (non-hydrogen) atoms. The molecule has 0 radical (unpaired) electrons. The normalized spacial score (nSPS) is 18.3. The molecule has 1 aromatic rings. The number of nitrogen functional groups attached to an aromatic ring is 1. The van der Waals surface area contributed by atoms with Gasteiger partial charge in [-0.3, -0.25) is 4.79 Å². The molecule has 0 aromatic carbocycles. The lowest BCUT2D eigenvalue weighted by molar-refractivity contribution is 0.0238. The molecule has 5 nitrogen and oxygen atoms in total. The van der Waals surface area contributed by atoms with Crippen molar-refractivity contribution in [2.75, 3.05) is 25.5 Å². The molecular weight excluding hydrogens is 230 g/mol. The van der Waals surface area contributed by atoms with Gasteiger partial charge in [-0.15, -0.1) is 0 Å². The van der Waals surface area contributed by atoms with Crippen LogP contribution in [0.1, 0.15) is 30.3 Å². The third-order valence-electron chi connectivity index (χ3n) is 3.43. The Morgan fingerprint density at radius 1 is 1.56 bits per heavy atom. The molecule has 0 atom stereocenters. The summed E-state index contributed by atoms with van der Waals surface area (Å²) in [6.45, 7) is 4.32. The van der Waals surface area contributed by atoms with E-state index in [1.807, 2.05) is 0 Å². The van der Waals surface area contributed by atoms with E-state index in [1.54, 1.807) is 18.3 Å². The predicted octanol–water partition coefficient (Wildman–Crippen LogP) is 1.21. The summed E-state index contributed by atoms with van der Waals surface area (Å²) in [5.74, 6) is -0.208. The highest BCUT2D eigenvalue weighted by Gasteiger charge is 2.28. The van der Waals surface area contributed by atoms with Gasteiger partial charge in [-0.2, -0.15) is 0 Å². The fraction of sp³-hybridized carbons (Fsp3) is 0.538. The molecule has 0 unspecified atom stereocenters. The fourth-order valence-electron chi connectivity index (χ4n) is 2.03. The highest BCUT2D eigenvalue weighted by molar-refractivity contribution is 5.96. The lowest BCUT2D eigenvalue weighted by Crippen LogP contribution is -2.39. The number of ether oxygens (including phenoxy) is 1. The van der Waals surface area contributed by atoms with Crippen molar-refractivity contribution >= 4 is 11.6 Å². The summed E-state index contributed by atoms with van der Waals surface area (Å²) in [6, 6.07) is 3.39. The van der Waals surface area contributed by atoms with E-state index in [0.29, 0.717) is 17.9 Å². The van der Waals surface area contributed by atoms with Crippen LogP contribution in [0, 0.1) is 5.41 Å². The maximum Gasteiger partial charge on any atom is 0.272 e. The number of amides is 1. The third kappa shape index (κ3) is 2.98. The van der Waals surface area contributed by atoms with Gasteiger partial charge in [-0.1, -0.05) is 6.92 Å². The van der Waals surface area contributed by atoms with Crippen molar-refractivity contribution in [1.29, 1.82) is 0 Å². The number of pyridine rings is 1. The minimum atomic E-state index is -0.208. The second-order valence-corrected chi connectivity index (χ2v) is 5.05. The highest BCUT2D eigenvalue weighted by atomic mass is 16.5. The summed E-state index contributed by atoms with van der Waals surface area (Å²) in [4.78, 5) is 16.0. The molecule has 0 saturated carbocycles. The monoisotopic (exact) mass is 249 g/mol. The first-order valence-electron chi connectivity index (χ1n) is 6.17. The van der Waals surface area contributed by atoms with Crippen LogP contribution < -0.4 is 11.1 Å². The Hall–Kier alpha value is -1.62. The number of nitrogens with two attached hydrogens (primary N) is 1. The van der Waals surface area contributed by atoms with Gasteiger partial charge in [0.15, 0.2) is 5.69 Å². The molecule has 1 aliphatic rings. The average Bonchev–Trinajstić information content (AvgIpc) is 2.38. The van der Waals surface area contributed by atoms with Crippen molar-refractivity contribution in [3.63, 3.8) is 0 Å². The van der Waals surface area contributed by atoms with E-state index in [9.17, 15) is 4.79 Å². The molecular formula is C13H19N3O2. The maximum atomic E-state index is 12.0. The van der Waals surface area contributed by atoms with E-state index in [-0.39, 0.29) is 11.3 Å². The standard InChI is InChI=1S/C13H19N3O2/c1-13(4-7-18-8-5-13)9-16-12(17)11-10(14)3-2-6-15-11/h2-3,6H,4-5,7-9,14H2,1H3,(H,16,17). The first-order valence-corrected chi connectivity index (χ1v) is 6.17. The van der Waals surface area contributed by atoms with Crippen molar-refractivity contribution in [1.82, 2.24) is 10.3 Å². The molecule has 0 spiro atoms. The van der Waals surface area contributed by atoms with Gasteiger partial charge in [-0.25, -0.2) is 4.98 Å². The van der Waals surface area contributed by atoms with Gasteiger partial charge in [0.25, 0.3) is 5.91 Å². The van der Waals surface area contributed by atoms with Gasteiger partial charge in [0, 0.05) is 26.0 Å². The molecule has 0 aliphatic carbocycles. The topological polar surface area (TPSA) is 77.2 Å². The molecule has 1 fully saturated rings. The summed E-state index contributed by atoms with van der Waals surface area (Å²) >= 11 is 0. The van der Waals surface area contributed by atoms with Gasteiger partial charge in [0.1, 0.15) is 0 Å². The Morgan fingerprint density at radius 2 is 2.28 bits per heavy atom. The summed E-state index contributed by atoms with van der Waals surface area (Å²) < 4.78 is 5.33. The quantitative estimate of drug-likeness (QED) is 0.844. The molecule has 1 aromatic heterocycles. The van der Waals surface area contributed by atoms with E-state index in [4.69, 9.17) is 10.5 Å². The SMILES string of the molecule is CC1(CNC(=O)c2ncccc2N)CCOCC1. The summed E-state index contributed by atoms with van der Waals surface area (Å²) in [5.41, 5.74) is 6.54. The number of rotatable bonds is 3. The van der Waals surface area contributed by atoms with Gasteiger partial charge in [-0.05, 0) is 30.4 Å². The Labute approximate surface area is 107 Å². The van der Waals surface area contributed by atoms with Crippen LogP contribution in [0.3, 0.4) is 0 Å². The van der Waals surface area contributed by atoms with Crippen molar-refractivity contribution in [3.05, 3.63) is 24.0 Å². The predicted molar refractivity (Wildman–Crippen MR) is 69.1 cm³/mol. The summed E-state index contributed by atoms with van der Waals surface area (Å²) in [6.07, 6.45) is 3.50.